The van der Waals surface area contributed by atoms with Gasteiger partial charge < -0.3 is 33.9 Å². The number of rotatable bonds is 7. The maximum Gasteiger partial charge on any atom is 0.490 e. The molecule has 218 valence electrons. The van der Waals surface area contributed by atoms with Gasteiger partial charge in [0.1, 0.15) is 0 Å². The van der Waals surface area contributed by atoms with Crippen molar-refractivity contribution in [2.45, 2.75) is 115 Å². The molecular formula is C26H42O12. The van der Waals surface area contributed by atoms with Crippen LogP contribution in [0, 0.1) is 0 Å². The highest BCUT2D eigenvalue weighted by Gasteiger charge is 2.68. The molecule has 38 heavy (non-hydrogen) atoms. The summed E-state index contributed by atoms with van der Waals surface area (Å²) in [6.45, 7) is -0.939. The number of carbonyl (C=O) groups is 4. The Kier molecular flexibility index (Phi) is 14.6. The third kappa shape index (κ3) is 11.2. The van der Waals surface area contributed by atoms with Crippen LogP contribution in [0.1, 0.15) is 103 Å². The SMILES string of the molecule is O=C1CCCCCCCCC(=O)OC(O)(C2(OCCOCCO)OC(=O)CCCCCCCCC(=O)O2)O1. The zero-order valence-corrected chi connectivity index (χ0v) is 22.1. The highest BCUT2D eigenvalue weighted by atomic mass is 17.0. The fourth-order valence-electron chi connectivity index (χ4n) is 4.15. The lowest BCUT2D eigenvalue weighted by atomic mass is 10.1. The molecule has 2 aliphatic rings. The summed E-state index contributed by atoms with van der Waals surface area (Å²) in [4.78, 5) is 51.2. The van der Waals surface area contributed by atoms with Crippen molar-refractivity contribution in [1.29, 1.82) is 0 Å². The van der Waals surface area contributed by atoms with Gasteiger partial charge in [0.15, 0.2) is 0 Å². The number of aliphatic hydroxyl groups excluding tert-OH is 1. The van der Waals surface area contributed by atoms with Crippen LogP contribution in [0.5, 0.6) is 0 Å². The Morgan fingerprint density at radius 1 is 0.553 bits per heavy atom. The Labute approximate surface area is 223 Å². The van der Waals surface area contributed by atoms with Gasteiger partial charge in [-0.05, 0) is 25.7 Å². The molecule has 2 heterocycles. The van der Waals surface area contributed by atoms with E-state index in [2.05, 4.69) is 0 Å². The van der Waals surface area contributed by atoms with E-state index < -0.39 is 42.4 Å². The van der Waals surface area contributed by atoms with E-state index in [9.17, 15) is 24.3 Å². The second kappa shape index (κ2) is 17.3. The van der Waals surface area contributed by atoms with Gasteiger partial charge in [-0.2, -0.15) is 0 Å². The summed E-state index contributed by atoms with van der Waals surface area (Å²) in [7, 11) is 0. The van der Waals surface area contributed by atoms with Gasteiger partial charge in [0, 0.05) is 25.7 Å². The van der Waals surface area contributed by atoms with E-state index in [1.54, 1.807) is 0 Å². The molecule has 0 spiro atoms. The number of esters is 4. The quantitative estimate of drug-likeness (QED) is 0.355. The second-order valence-corrected chi connectivity index (χ2v) is 9.46. The topological polar surface area (TPSA) is 164 Å². The Morgan fingerprint density at radius 2 is 0.921 bits per heavy atom. The number of hydrogen-bond donors (Lipinski definition) is 2. The molecular weight excluding hydrogens is 504 g/mol. The van der Waals surface area contributed by atoms with Gasteiger partial charge in [-0.1, -0.05) is 51.4 Å². The van der Waals surface area contributed by atoms with Crippen molar-refractivity contribution in [1.82, 2.24) is 0 Å². The number of carbonyl (C=O) groups excluding carboxylic acids is 4. The van der Waals surface area contributed by atoms with Gasteiger partial charge in [0.05, 0.1) is 26.4 Å². The number of hydrogen-bond acceptors (Lipinski definition) is 12. The van der Waals surface area contributed by atoms with Gasteiger partial charge in [0.25, 0.3) is 0 Å². The summed E-state index contributed by atoms with van der Waals surface area (Å²) in [5.41, 5.74) is 0. The van der Waals surface area contributed by atoms with Crippen molar-refractivity contribution in [3.63, 3.8) is 0 Å². The van der Waals surface area contributed by atoms with Crippen LogP contribution in [-0.2, 0) is 47.6 Å². The maximum absolute atomic E-state index is 12.9. The highest BCUT2D eigenvalue weighted by Crippen LogP contribution is 2.35. The number of cyclic esters (lactones) is 4. The molecule has 2 fully saturated rings. The van der Waals surface area contributed by atoms with E-state index in [4.69, 9.17) is 33.5 Å². The van der Waals surface area contributed by atoms with Gasteiger partial charge in [-0.25, -0.2) is 0 Å². The molecule has 0 radical (unpaired) electrons. The molecule has 2 rings (SSSR count). The van der Waals surface area contributed by atoms with E-state index in [1.165, 1.54) is 0 Å². The molecule has 12 heteroatoms. The molecule has 0 saturated carbocycles. The first-order valence-corrected chi connectivity index (χ1v) is 13.7. The van der Waals surface area contributed by atoms with Gasteiger partial charge >= 0.3 is 35.8 Å². The molecule has 12 nitrogen and oxygen atoms in total. The maximum atomic E-state index is 12.9. The van der Waals surface area contributed by atoms with Crippen molar-refractivity contribution in [3.05, 3.63) is 0 Å². The molecule has 0 aromatic heterocycles. The molecule has 0 aliphatic carbocycles. The van der Waals surface area contributed by atoms with Crippen molar-refractivity contribution >= 4 is 23.9 Å². The summed E-state index contributed by atoms with van der Waals surface area (Å²) in [6, 6.07) is 0. The molecule has 2 aliphatic heterocycles. The lowest BCUT2D eigenvalue weighted by molar-refractivity contribution is -0.513. The minimum atomic E-state index is -3.42. The third-order valence-electron chi connectivity index (χ3n) is 6.17. The van der Waals surface area contributed by atoms with Crippen LogP contribution < -0.4 is 0 Å². The largest absolute Gasteiger partial charge is 0.490 e. The Bertz CT molecular complexity index is 705. The summed E-state index contributed by atoms with van der Waals surface area (Å²) in [6.07, 6.45) is 7.74. The zero-order valence-electron chi connectivity index (χ0n) is 22.1. The van der Waals surface area contributed by atoms with E-state index in [0.717, 1.165) is 51.4 Å². The van der Waals surface area contributed by atoms with E-state index >= 15 is 0 Å². The average Bonchev–Trinajstić information content (AvgIpc) is 2.88. The first-order chi connectivity index (χ1) is 18.3. The molecule has 0 unspecified atom stereocenters. The summed E-state index contributed by atoms with van der Waals surface area (Å²) < 4.78 is 32.0. The smallest absolute Gasteiger partial charge is 0.394 e. The first-order valence-electron chi connectivity index (χ1n) is 13.7. The zero-order chi connectivity index (χ0) is 27.7. The van der Waals surface area contributed by atoms with Gasteiger partial charge in [-0.3, -0.25) is 23.9 Å². The van der Waals surface area contributed by atoms with Crippen molar-refractivity contribution in [2.75, 3.05) is 26.4 Å². The molecule has 0 amide bonds. The standard InChI is InChI=1S/C26H42O12/c27-17-18-33-19-20-34-26(37-23(30)15-11-7-3-4-8-12-16-24(31)38-26)25(32)35-21(28)13-9-5-1-2-6-10-14-22(29)36-25/h27,32H,1-20H2. The fraction of sp³-hybridized carbons (Fsp3) is 0.846. The van der Waals surface area contributed by atoms with Crippen LogP contribution in [0.4, 0.5) is 0 Å². The van der Waals surface area contributed by atoms with Crippen LogP contribution >= 0.6 is 0 Å². The predicted octanol–water partition coefficient (Wildman–Crippen LogP) is 2.75. The van der Waals surface area contributed by atoms with E-state index in [1.807, 2.05) is 0 Å². The molecule has 0 atom stereocenters. The van der Waals surface area contributed by atoms with Crippen molar-refractivity contribution in [2.24, 2.45) is 0 Å². The molecule has 0 bridgehead atoms. The molecule has 0 aromatic carbocycles. The lowest BCUT2D eigenvalue weighted by Crippen LogP contribution is -2.65. The molecule has 2 saturated heterocycles. The van der Waals surface area contributed by atoms with Crippen LogP contribution in [0.2, 0.25) is 0 Å². The van der Waals surface area contributed by atoms with Crippen LogP contribution in [-0.4, -0.2) is 72.5 Å². The summed E-state index contributed by atoms with van der Waals surface area (Å²) in [5, 5.41) is 20.5. The van der Waals surface area contributed by atoms with Gasteiger partial charge in [-0.15, -0.1) is 0 Å². The Hall–Kier alpha value is -2.28. The normalized spacial score (nSPS) is 22.9. The number of ether oxygens (including phenoxy) is 6. The fourth-order valence-corrected chi connectivity index (χ4v) is 4.15. The number of aliphatic hydroxyl groups is 2. The monoisotopic (exact) mass is 546 g/mol. The highest BCUT2D eigenvalue weighted by molar-refractivity contribution is 5.74. The minimum absolute atomic E-state index is 0.0375. The lowest BCUT2D eigenvalue weighted by Gasteiger charge is -2.40. The summed E-state index contributed by atoms with van der Waals surface area (Å²) in [5.74, 6) is -10.3. The van der Waals surface area contributed by atoms with Crippen molar-refractivity contribution < 1.29 is 57.8 Å². The molecule has 0 aromatic rings. The first kappa shape index (κ1) is 31.9. The van der Waals surface area contributed by atoms with Gasteiger partial charge in [0.2, 0.25) is 0 Å². The predicted molar refractivity (Wildman–Crippen MR) is 130 cm³/mol. The minimum Gasteiger partial charge on any atom is -0.394 e. The van der Waals surface area contributed by atoms with E-state index in [0.29, 0.717) is 25.7 Å². The van der Waals surface area contributed by atoms with E-state index in [-0.39, 0.29) is 45.5 Å². The second-order valence-electron chi connectivity index (χ2n) is 9.46. The third-order valence-corrected chi connectivity index (χ3v) is 6.17. The average molecular weight is 547 g/mol. The van der Waals surface area contributed by atoms with Crippen molar-refractivity contribution in [3.8, 4) is 0 Å². The van der Waals surface area contributed by atoms with Crippen LogP contribution in [0.3, 0.4) is 0 Å². The van der Waals surface area contributed by atoms with Crippen LogP contribution in [0.25, 0.3) is 0 Å². The van der Waals surface area contributed by atoms with Crippen LogP contribution in [0.15, 0.2) is 0 Å². The molecule has 2 N–H and O–H groups in total. The Morgan fingerprint density at radius 3 is 1.32 bits per heavy atom. The summed E-state index contributed by atoms with van der Waals surface area (Å²) >= 11 is 0. The Balaban J connectivity index is 2.47.